The summed E-state index contributed by atoms with van der Waals surface area (Å²) in [5.41, 5.74) is 5.93. The third-order valence-electron chi connectivity index (χ3n) is 8.15. The van der Waals surface area contributed by atoms with Gasteiger partial charge in [0, 0.05) is 39.5 Å². The third kappa shape index (κ3) is 6.23. The predicted molar refractivity (Wildman–Crippen MR) is 165 cm³/mol. The molecule has 3 aromatic heterocycles. The van der Waals surface area contributed by atoms with Crippen molar-refractivity contribution < 1.29 is 34.2 Å². The Morgan fingerprint density at radius 3 is 1.96 bits per heavy atom. The third-order valence-corrected chi connectivity index (χ3v) is 8.15. The van der Waals surface area contributed by atoms with Crippen molar-refractivity contribution in [3.8, 4) is 0 Å². The molecule has 0 radical (unpaired) electrons. The Morgan fingerprint density at radius 1 is 0.778 bits per heavy atom. The second kappa shape index (κ2) is 13.0. The number of aliphatic carboxylic acids is 2. The number of hydrogen-bond acceptors (Lipinski definition) is 7. The minimum absolute atomic E-state index is 0.0434. The topological polar surface area (TPSA) is 191 Å². The second-order valence-electron chi connectivity index (χ2n) is 10.8. The van der Waals surface area contributed by atoms with Crippen molar-refractivity contribution in [3.63, 3.8) is 0 Å². The summed E-state index contributed by atoms with van der Waals surface area (Å²) in [6.45, 7) is 14.4. The number of allylic oxidation sites excluding steroid dienone is 1. The van der Waals surface area contributed by atoms with Gasteiger partial charge in [0.15, 0.2) is 6.29 Å². The van der Waals surface area contributed by atoms with Crippen LogP contribution in [0.3, 0.4) is 0 Å². The second-order valence-corrected chi connectivity index (χ2v) is 10.8. The van der Waals surface area contributed by atoms with Crippen molar-refractivity contribution in [3.05, 3.63) is 97.2 Å². The average molecular weight is 609 g/mol. The van der Waals surface area contributed by atoms with Gasteiger partial charge < -0.3 is 34.8 Å². The minimum atomic E-state index is -1.27. The zero-order chi connectivity index (χ0) is 33.2. The number of H-pyrrole nitrogens is 3. The number of aromatic nitrogens is 3. The van der Waals surface area contributed by atoms with E-state index in [0.717, 1.165) is 0 Å². The maximum atomic E-state index is 13.8. The van der Waals surface area contributed by atoms with E-state index < -0.39 is 23.6 Å². The summed E-state index contributed by atoms with van der Waals surface area (Å²) in [7, 11) is 0. The summed E-state index contributed by atoms with van der Waals surface area (Å²) in [6.07, 6.45) is 6.50. The van der Waals surface area contributed by atoms with Crippen molar-refractivity contribution in [2.45, 2.75) is 53.4 Å². The number of carboxylic acids is 2. The van der Waals surface area contributed by atoms with Gasteiger partial charge in [0.05, 0.1) is 22.8 Å². The fourth-order valence-electron chi connectivity index (χ4n) is 5.57. The first kappa shape index (κ1) is 32.3. The van der Waals surface area contributed by atoms with Gasteiger partial charge in [0.25, 0.3) is 5.91 Å². The van der Waals surface area contributed by atoms with E-state index in [9.17, 15) is 34.2 Å². The quantitative estimate of drug-likeness (QED) is 0.188. The van der Waals surface area contributed by atoms with Crippen LogP contribution in [0.4, 0.5) is 0 Å². The Morgan fingerprint density at radius 2 is 1.40 bits per heavy atom. The molecule has 45 heavy (non-hydrogen) atoms. The molecule has 4 heterocycles. The van der Waals surface area contributed by atoms with E-state index in [-0.39, 0.29) is 42.8 Å². The molecule has 0 aromatic carbocycles. The summed E-state index contributed by atoms with van der Waals surface area (Å²) in [6, 6.07) is 0. The molecular weight excluding hydrogens is 576 g/mol. The molecule has 1 amide bonds. The van der Waals surface area contributed by atoms with Gasteiger partial charge in [0.1, 0.15) is 0 Å². The monoisotopic (exact) mass is 608 g/mol. The number of aldehydes is 1. The number of carbonyl (C=O) groups excluding carboxylic acids is 5. The van der Waals surface area contributed by atoms with E-state index in [2.05, 4.69) is 33.1 Å². The van der Waals surface area contributed by atoms with Gasteiger partial charge >= 0.3 is 0 Å². The Kier molecular flexibility index (Phi) is 9.32. The van der Waals surface area contributed by atoms with E-state index in [1.807, 2.05) is 0 Å². The summed E-state index contributed by atoms with van der Waals surface area (Å²) in [5, 5.41) is 23.9. The Balaban J connectivity index is 1.95. The van der Waals surface area contributed by atoms with Crippen LogP contribution in [-0.4, -0.2) is 50.6 Å². The van der Waals surface area contributed by atoms with Gasteiger partial charge in [-0.1, -0.05) is 25.3 Å². The molecule has 232 valence electrons. The highest BCUT2D eigenvalue weighted by Gasteiger charge is 2.25. The summed E-state index contributed by atoms with van der Waals surface area (Å²) in [4.78, 5) is 73.8. The molecule has 1 aliphatic rings. The van der Waals surface area contributed by atoms with Gasteiger partial charge in [-0.3, -0.25) is 14.4 Å². The fraction of sp³-hybridized carbons (Fsp3) is 0.235. The molecule has 3 aromatic rings. The van der Waals surface area contributed by atoms with Crippen LogP contribution in [0.15, 0.2) is 35.4 Å². The lowest BCUT2D eigenvalue weighted by molar-refractivity contribution is -0.307. The van der Waals surface area contributed by atoms with E-state index in [4.69, 9.17) is 0 Å². The summed E-state index contributed by atoms with van der Waals surface area (Å²) < 4.78 is 0. The lowest BCUT2D eigenvalue weighted by Gasteiger charge is -2.05. The summed E-state index contributed by atoms with van der Waals surface area (Å²) >= 11 is 0. The average Bonchev–Trinajstić information content (AvgIpc) is 3.66. The SMILES string of the molecule is C=CC1=C(C)C(/C=c2\[nH]/c(=C\c3[nH]c(C(=O)c4[nH]c(C=O)c(C)c4C=C)c(C)c3CCC(=O)[O-])c(CCC(=O)[O-])c2C)=NC1=O. The molecule has 0 bridgehead atoms. The number of hydrogen-bond donors (Lipinski definition) is 3. The van der Waals surface area contributed by atoms with Crippen LogP contribution in [0.5, 0.6) is 0 Å². The molecule has 11 nitrogen and oxygen atoms in total. The number of rotatable bonds is 13. The largest absolute Gasteiger partial charge is 0.550 e. The molecule has 3 N–H and O–H groups in total. The highest BCUT2D eigenvalue weighted by atomic mass is 16.4. The smallest absolute Gasteiger partial charge is 0.277 e. The predicted octanol–water partition coefficient (Wildman–Crippen LogP) is 0.741. The van der Waals surface area contributed by atoms with Crippen LogP contribution in [0.2, 0.25) is 0 Å². The summed E-state index contributed by atoms with van der Waals surface area (Å²) in [5.74, 6) is -3.36. The first-order valence-corrected chi connectivity index (χ1v) is 14.2. The molecular formula is C34H32N4O7-2. The van der Waals surface area contributed by atoms with Crippen molar-refractivity contribution in [1.82, 2.24) is 15.0 Å². The highest BCUT2D eigenvalue weighted by Crippen LogP contribution is 2.27. The Bertz CT molecular complexity index is 1990. The molecule has 0 spiro atoms. The van der Waals surface area contributed by atoms with E-state index in [1.54, 1.807) is 39.8 Å². The van der Waals surface area contributed by atoms with Crippen LogP contribution in [0.25, 0.3) is 18.2 Å². The number of ketones is 1. The maximum Gasteiger partial charge on any atom is 0.277 e. The van der Waals surface area contributed by atoms with Gasteiger partial charge in [-0.2, -0.15) is 0 Å². The van der Waals surface area contributed by atoms with Crippen LogP contribution < -0.4 is 20.9 Å². The molecule has 0 aliphatic carbocycles. The van der Waals surface area contributed by atoms with Gasteiger partial charge in [-0.25, -0.2) is 4.99 Å². The first-order valence-electron chi connectivity index (χ1n) is 14.2. The van der Waals surface area contributed by atoms with E-state index in [0.29, 0.717) is 72.9 Å². The van der Waals surface area contributed by atoms with Crippen molar-refractivity contribution >= 4 is 53.9 Å². The number of nitrogens with one attached hydrogen (secondary N) is 3. The van der Waals surface area contributed by atoms with Gasteiger partial charge in [0.2, 0.25) is 5.78 Å². The van der Waals surface area contributed by atoms with E-state index in [1.165, 1.54) is 12.2 Å². The zero-order valence-corrected chi connectivity index (χ0v) is 25.4. The van der Waals surface area contributed by atoms with Crippen LogP contribution in [-0.2, 0) is 27.2 Å². The Labute approximate surface area is 258 Å². The number of carbonyl (C=O) groups is 5. The molecule has 11 heteroatoms. The molecule has 1 aliphatic heterocycles. The lowest BCUT2D eigenvalue weighted by Crippen LogP contribution is -2.23. The van der Waals surface area contributed by atoms with Crippen molar-refractivity contribution in [2.24, 2.45) is 4.99 Å². The lowest BCUT2D eigenvalue weighted by atomic mass is 10.00. The normalized spacial score (nSPS) is 13.9. The van der Waals surface area contributed by atoms with Crippen molar-refractivity contribution in [2.75, 3.05) is 0 Å². The molecule has 0 saturated heterocycles. The minimum Gasteiger partial charge on any atom is -0.550 e. The zero-order valence-electron chi connectivity index (χ0n) is 25.4. The number of nitrogens with zero attached hydrogens (tertiary/aromatic N) is 1. The van der Waals surface area contributed by atoms with Crippen molar-refractivity contribution in [1.29, 1.82) is 0 Å². The molecule has 0 unspecified atom stereocenters. The highest BCUT2D eigenvalue weighted by molar-refractivity contribution is 6.31. The molecule has 0 atom stereocenters. The van der Waals surface area contributed by atoms with Crippen LogP contribution in [0.1, 0.15) is 85.5 Å². The number of aliphatic imine (C=N–C) groups is 1. The first-order chi connectivity index (χ1) is 21.3. The van der Waals surface area contributed by atoms with Crippen LogP contribution in [0, 0.1) is 20.8 Å². The van der Waals surface area contributed by atoms with E-state index >= 15 is 0 Å². The van der Waals surface area contributed by atoms with Gasteiger partial charge in [-0.15, -0.1) is 0 Å². The molecule has 0 saturated carbocycles. The fourth-order valence-corrected chi connectivity index (χ4v) is 5.57. The molecule has 0 fully saturated rings. The number of amides is 1. The number of aromatic amines is 3. The molecule has 4 rings (SSSR count). The van der Waals surface area contributed by atoms with Gasteiger partial charge in [-0.05, 0) is 98.9 Å². The standard InChI is InChI=1S/C34H34N4O7/c1-7-20-16(3)28(15-39)37-32(20)33(44)31-19(6)23(10-12-30(42)43)27(36-31)14-26-22(9-11-29(40)41)18(5)24(35-26)13-25-17(4)21(8-2)34(45)38-25/h7-8,13-15,35-37H,1-2,9-12H2,3-6H3,(H,40,41)(H,42,43)/p-2/b24-13-,26-14-. The maximum absolute atomic E-state index is 13.8. The number of carboxylic acid groups (broad SMARTS) is 2. The van der Waals surface area contributed by atoms with Crippen LogP contribution >= 0.6 is 0 Å². The Hall–Kier alpha value is -5.58.